The summed E-state index contributed by atoms with van der Waals surface area (Å²) in [6.07, 6.45) is -0.666. The van der Waals surface area contributed by atoms with Crippen LogP contribution in [-0.4, -0.2) is 31.4 Å². The van der Waals surface area contributed by atoms with Gasteiger partial charge in [0.15, 0.2) is 6.10 Å². The standard InChI is InChI=1S/C14H19ClN2O3/c1-9(2)16-6-10-3-4-13(12(15)5-10)19-8-11-7-17-14(18)20-11/h3-5,9,11,16H,6-8H2,1-2H3,(H,17,18). The molecule has 20 heavy (non-hydrogen) atoms. The van der Waals surface area contributed by atoms with Gasteiger partial charge in [0.2, 0.25) is 0 Å². The number of hydrogen-bond donors (Lipinski definition) is 2. The number of amides is 1. The van der Waals surface area contributed by atoms with E-state index in [1.54, 1.807) is 0 Å². The molecule has 2 N–H and O–H groups in total. The van der Waals surface area contributed by atoms with Crippen LogP contribution in [0.2, 0.25) is 5.02 Å². The van der Waals surface area contributed by atoms with Gasteiger partial charge in [0.05, 0.1) is 11.6 Å². The molecule has 1 aliphatic rings. The SMILES string of the molecule is CC(C)NCc1ccc(OCC2CNC(=O)O2)c(Cl)c1. The van der Waals surface area contributed by atoms with Gasteiger partial charge in [0, 0.05) is 12.6 Å². The van der Waals surface area contributed by atoms with Gasteiger partial charge in [0.1, 0.15) is 12.4 Å². The average Bonchev–Trinajstić information content (AvgIpc) is 2.81. The summed E-state index contributed by atoms with van der Waals surface area (Å²) in [5.74, 6) is 0.600. The van der Waals surface area contributed by atoms with Crippen LogP contribution >= 0.6 is 11.6 Å². The van der Waals surface area contributed by atoms with Crippen molar-refractivity contribution in [2.75, 3.05) is 13.2 Å². The predicted octanol–water partition coefficient (Wildman–Crippen LogP) is 2.33. The van der Waals surface area contributed by atoms with Crippen molar-refractivity contribution in [2.24, 2.45) is 0 Å². The number of halogens is 1. The molecule has 0 saturated carbocycles. The zero-order valence-corrected chi connectivity index (χ0v) is 12.4. The fourth-order valence-electron chi connectivity index (χ4n) is 1.80. The van der Waals surface area contributed by atoms with Crippen LogP contribution in [0, 0.1) is 0 Å². The van der Waals surface area contributed by atoms with Crippen molar-refractivity contribution < 1.29 is 14.3 Å². The van der Waals surface area contributed by atoms with E-state index in [9.17, 15) is 4.79 Å². The summed E-state index contributed by atoms with van der Waals surface area (Å²) in [7, 11) is 0. The van der Waals surface area contributed by atoms with Crippen molar-refractivity contribution in [3.05, 3.63) is 28.8 Å². The second kappa shape index (κ2) is 6.81. The monoisotopic (exact) mass is 298 g/mol. The predicted molar refractivity (Wildman–Crippen MR) is 77.2 cm³/mol. The van der Waals surface area contributed by atoms with Crippen molar-refractivity contribution in [1.82, 2.24) is 10.6 Å². The summed E-state index contributed by atoms with van der Waals surface area (Å²) in [5.41, 5.74) is 1.10. The zero-order valence-electron chi connectivity index (χ0n) is 11.6. The van der Waals surface area contributed by atoms with Gasteiger partial charge in [-0.1, -0.05) is 31.5 Å². The zero-order chi connectivity index (χ0) is 14.5. The molecule has 1 atom stereocenters. The summed E-state index contributed by atoms with van der Waals surface area (Å²) >= 11 is 6.18. The lowest BCUT2D eigenvalue weighted by molar-refractivity contribution is 0.105. The third kappa shape index (κ3) is 4.28. The van der Waals surface area contributed by atoms with Gasteiger partial charge >= 0.3 is 6.09 Å². The van der Waals surface area contributed by atoms with E-state index in [4.69, 9.17) is 21.1 Å². The first kappa shape index (κ1) is 14.9. The van der Waals surface area contributed by atoms with Crippen LogP contribution in [0.3, 0.4) is 0 Å². The van der Waals surface area contributed by atoms with Crippen molar-refractivity contribution in [3.63, 3.8) is 0 Å². The van der Waals surface area contributed by atoms with Crippen molar-refractivity contribution in [1.29, 1.82) is 0 Å². The number of ether oxygens (including phenoxy) is 2. The van der Waals surface area contributed by atoms with E-state index in [2.05, 4.69) is 24.5 Å². The molecule has 0 aliphatic carbocycles. The Balaban J connectivity index is 1.87. The molecule has 2 rings (SSSR count). The van der Waals surface area contributed by atoms with E-state index in [0.29, 0.717) is 30.0 Å². The molecule has 0 radical (unpaired) electrons. The number of nitrogens with one attached hydrogen (secondary N) is 2. The molecule has 1 unspecified atom stereocenters. The maximum Gasteiger partial charge on any atom is 0.407 e. The maximum atomic E-state index is 10.9. The first-order valence-corrected chi connectivity index (χ1v) is 7.01. The van der Waals surface area contributed by atoms with E-state index in [1.807, 2.05) is 18.2 Å². The second-order valence-corrected chi connectivity index (χ2v) is 5.43. The van der Waals surface area contributed by atoms with Gasteiger partial charge in [-0.3, -0.25) is 0 Å². The quantitative estimate of drug-likeness (QED) is 0.846. The van der Waals surface area contributed by atoms with Crippen LogP contribution in [0.4, 0.5) is 4.79 Å². The highest BCUT2D eigenvalue weighted by molar-refractivity contribution is 6.32. The lowest BCUT2D eigenvalue weighted by atomic mass is 10.2. The largest absolute Gasteiger partial charge is 0.488 e. The topological polar surface area (TPSA) is 59.6 Å². The smallest absolute Gasteiger partial charge is 0.407 e. The molecule has 0 spiro atoms. The Hall–Kier alpha value is -1.46. The number of benzene rings is 1. The number of rotatable bonds is 6. The molecule has 1 aromatic rings. The molecule has 1 fully saturated rings. The number of hydrogen-bond acceptors (Lipinski definition) is 4. The number of cyclic esters (lactones) is 1. The fraction of sp³-hybridized carbons (Fsp3) is 0.500. The highest BCUT2D eigenvalue weighted by Gasteiger charge is 2.23. The normalized spacial score (nSPS) is 18.0. The molecule has 1 aromatic carbocycles. The third-order valence-electron chi connectivity index (χ3n) is 2.88. The van der Waals surface area contributed by atoms with E-state index < -0.39 is 6.09 Å². The minimum atomic E-state index is -0.403. The number of carbonyl (C=O) groups is 1. The van der Waals surface area contributed by atoms with Crippen molar-refractivity contribution >= 4 is 17.7 Å². The molecule has 1 aliphatic heterocycles. The van der Waals surface area contributed by atoms with Crippen LogP contribution in [0.5, 0.6) is 5.75 Å². The van der Waals surface area contributed by atoms with Gasteiger partial charge in [-0.05, 0) is 17.7 Å². The lowest BCUT2D eigenvalue weighted by Gasteiger charge is -2.13. The van der Waals surface area contributed by atoms with Crippen LogP contribution in [0.1, 0.15) is 19.4 Å². The molecule has 1 heterocycles. The van der Waals surface area contributed by atoms with E-state index in [1.165, 1.54) is 0 Å². The highest BCUT2D eigenvalue weighted by atomic mass is 35.5. The fourth-order valence-corrected chi connectivity index (χ4v) is 2.06. The molecular weight excluding hydrogens is 280 g/mol. The van der Waals surface area contributed by atoms with Crippen molar-refractivity contribution in [2.45, 2.75) is 32.5 Å². The second-order valence-electron chi connectivity index (χ2n) is 5.02. The van der Waals surface area contributed by atoms with Gasteiger partial charge in [-0.25, -0.2) is 4.79 Å². The Bertz CT molecular complexity index is 479. The molecule has 0 aromatic heterocycles. The molecule has 1 saturated heterocycles. The number of carbonyl (C=O) groups excluding carboxylic acids is 1. The van der Waals surface area contributed by atoms with Crippen LogP contribution < -0.4 is 15.4 Å². The Morgan fingerprint density at radius 2 is 2.35 bits per heavy atom. The molecule has 5 nitrogen and oxygen atoms in total. The summed E-state index contributed by atoms with van der Waals surface area (Å²) in [6.45, 7) is 5.71. The summed E-state index contributed by atoms with van der Waals surface area (Å²) in [4.78, 5) is 10.9. The van der Waals surface area contributed by atoms with Crippen molar-refractivity contribution in [3.8, 4) is 5.75 Å². The minimum Gasteiger partial charge on any atom is -0.488 e. The van der Waals surface area contributed by atoms with Gasteiger partial charge in [-0.2, -0.15) is 0 Å². The molecule has 0 bridgehead atoms. The van der Waals surface area contributed by atoms with Gasteiger partial charge in [-0.15, -0.1) is 0 Å². The molecule has 6 heteroatoms. The van der Waals surface area contributed by atoms with E-state index >= 15 is 0 Å². The Morgan fingerprint density at radius 1 is 1.55 bits per heavy atom. The summed E-state index contributed by atoms with van der Waals surface area (Å²) in [6, 6.07) is 6.11. The van der Waals surface area contributed by atoms with Gasteiger partial charge in [0.25, 0.3) is 0 Å². The van der Waals surface area contributed by atoms with Crippen LogP contribution in [0.25, 0.3) is 0 Å². The average molecular weight is 299 g/mol. The third-order valence-corrected chi connectivity index (χ3v) is 3.18. The maximum absolute atomic E-state index is 10.9. The summed E-state index contributed by atoms with van der Waals surface area (Å²) in [5, 5.41) is 6.46. The van der Waals surface area contributed by atoms with E-state index in [0.717, 1.165) is 12.1 Å². The van der Waals surface area contributed by atoms with Crippen LogP contribution in [-0.2, 0) is 11.3 Å². The molecule has 110 valence electrons. The van der Waals surface area contributed by atoms with Crippen LogP contribution in [0.15, 0.2) is 18.2 Å². The molecular formula is C14H19ClN2O3. The summed E-state index contributed by atoms with van der Waals surface area (Å²) < 4.78 is 10.6. The Labute approximate surface area is 123 Å². The van der Waals surface area contributed by atoms with E-state index in [-0.39, 0.29) is 6.10 Å². The lowest BCUT2D eigenvalue weighted by Crippen LogP contribution is -2.22. The Kier molecular flexibility index (Phi) is 5.09. The Morgan fingerprint density at radius 3 is 2.95 bits per heavy atom. The first-order valence-electron chi connectivity index (χ1n) is 6.63. The minimum absolute atomic E-state index is 0.263. The molecule has 1 amide bonds. The highest BCUT2D eigenvalue weighted by Crippen LogP contribution is 2.26. The van der Waals surface area contributed by atoms with Gasteiger partial charge < -0.3 is 20.1 Å². The number of alkyl carbamates (subject to hydrolysis) is 1. The first-order chi connectivity index (χ1) is 9.54.